The highest BCUT2D eigenvalue weighted by molar-refractivity contribution is 14.1. The van der Waals surface area contributed by atoms with Crippen LogP contribution in [0.3, 0.4) is 0 Å². The van der Waals surface area contributed by atoms with Crippen molar-refractivity contribution in [2.24, 2.45) is 5.92 Å². The van der Waals surface area contributed by atoms with Crippen LogP contribution >= 0.6 is 22.6 Å². The Morgan fingerprint density at radius 2 is 1.76 bits per heavy atom. The lowest BCUT2D eigenvalue weighted by molar-refractivity contribution is 0.0462. The molecule has 1 aliphatic rings. The van der Waals surface area contributed by atoms with Gasteiger partial charge < -0.3 is 19.5 Å². The van der Waals surface area contributed by atoms with Gasteiger partial charge in [-0.3, -0.25) is 4.68 Å². The predicted molar refractivity (Wildman–Crippen MR) is 113 cm³/mol. The van der Waals surface area contributed by atoms with Crippen LogP contribution in [0.1, 0.15) is 68.3 Å². The monoisotopic (exact) mass is 521 g/mol. The van der Waals surface area contributed by atoms with Crippen LogP contribution < -0.4 is 5.32 Å². The summed E-state index contributed by atoms with van der Waals surface area (Å²) in [7, 11) is 0. The number of ether oxygens (including phenoxy) is 3. The number of carbonyl (C=O) groups excluding carboxylic acids is 3. The van der Waals surface area contributed by atoms with Crippen molar-refractivity contribution in [1.29, 1.82) is 0 Å². The molecule has 2 rings (SSSR count). The van der Waals surface area contributed by atoms with E-state index >= 15 is 0 Å². The van der Waals surface area contributed by atoms with E-state index in [1.807, 2.05) is 22.6 Å². The Bertz CT molecular complexity index is 767. The molecule has 1 saturated carbocycles. The maximum atomic E-state index is 12.6. The van der Waals surface area contributed by atoms with Crippen molar-refractivity contribution in [3.05, 3.63) is 15.0 Å². The van der Waals surface area contributed by atoms with Gasteiger partial charge in [0.15, 0.2) is 5.69 Å². The van der Waals surface area contributed by atoms with Crippen LogP contribution in [-0.2, 0) is 20.8 Å². The highest BCUT2D eigenvalue weighted by Gasteiger charge is 2.36. The van der Waals surface area contributed by atoms with Crippen LogP contribution in [0.5, 0.6) is 0 Å². The van der Waals surface area contributed by atoms with Gasteiger partial charge in [-0.2, -0.15) is 5.10 Å². The normalized spacial score (nSPS) is 14.8. The molecule has 1 unspecified atom stereocenters. The first-order valence-electron chi connectivity index (χ1n) is 9.67. The molecule has 10 heteroatoms. The minimum atomic E-state index is -0.655. The fourth-order valence-corrected chi connectivity index (χ4v) is 3.55. The zero-order valence-electron chi connectivity index (χ0n) is 17.4. The van der Waals surface area contributed by atoms with E-state index < -0.39 is 23.6 Å². The quantitative estimate of drug-likeness (QED) is 0.318. The maximum absolute atomic E-state index is 12.6. The van der Waals surface area contributed by atoms with Gasteiger partial charge in [-0.1, -0.05) is 0 Å². The SMILES string of the molecule is CCOC(=O)c1c(I)nn(CC(NC(=O)OC(C)(C)C)C2CC2)c1C(=O)OCC. The van der Waals surface area contributed by atoms with Gasteiger partial charge in [0, 0.05) is 0 Å². The van der Waals surface area contributed by atoms with Crippen LogP contribution in [0.15, 0.2) is 0 Å². The van der Waals surface area contributed by atoms with Crippen molar-refractivity contribution in [3.8, 4) is 0 Å². The Morgan fingerprint density at radius 1 is 1.17 bits per heavy atom. The molecule has 1 aromatic heterocycles. The molecular formula is C19H28IN3O6. The first-order valence-corrected chi connectivity index (χ1v) is 10.7. The van der Waals surface area contributed by atoms with Crippen molar-refractivity contribution in [2.45, 2.75) is 65.6 Å². The van der Waals surface area contributed by atoms with E-state index in [0.717, 1.165) is 12.8 Å². The summed E-state index contributed by atoms with van der Waals surface area (Å²) in [5.41, 5.74) is -0.504. The summed E-state index contributed by atoms with van der Waals surface area (Å²) in [6.45, 7) is 9.29. The number of nitrogens with zero attached hydrogens (tertiary/aromatic N) is 2. The molecular weight excluding hydrogens is 493 g/mol. The maximum Gasteiger partial charge on any atom is 0.407 e. The summed E-state index contributed by atoms with van der Waals surface area (Å²) < 4.78 is 17.3. The van der Waals surface area contributed by atoms with Gasteiger partial charge in [0.05, 0.1) is 25.8 Å². The topological polar surface area (TPSA) is 109 Å². The molecule has 0 radical (unpaired) electrons. The van der Waals surface area contributed by atoms with E-state index in [-0.39, 0.29) is 43.0 Å². The molecule has 1 heterocycles. The highest BCUT2D eigenvalue weighted by Crippen LogP contribution is 2.34. The number of amides is 1. The number of nitrogens with one attached hydrogen (secondary N) is 1. The smallest absolute Gasteiger partial charge is 0.407 e. The Hall–Kier alpha value is -1.85. The lowest BCUT2D eigenvalue weighted by Gasteiger charge is -2.24. The molecule has 1 atom stereocenters. The van der Waals surface area contributed by atoms with Crippen molar-refractivity contribution in [1.82, 2.24) is 15.1 Å². The minimum absolute atomic E-state index is 0.0336. The van der Waals surface area contributed by atoms with Gasteiger partial charge in [-0.15, -0.1) is 0 Å². The van der Waals surface area contributed by atoms with Crippen LogP contribution in [0, 0.1) is 9.62 Å². The first kappa shape index (κ1) is 23.4. The van der Waals surface area contributed by atoms with Crippen molar-refractivity contribution < 1.29 is 28.6 Å². The molecule has 1 aromatic rings. The number of alkyl carbamates (subject to hydrolysis) is 1. The van der Waals surface area contributed by atoms with Crippen LogP contribution in [0.25, 0.3) is 0 Å². The van der Waals surface area contributed by atoms with E-state index in [2.05, 4.69) is 10.4 Å². The molecule has 1 aliphatic carbocycles. The number of hydrogen-bond donors (Lipinski definition) is 1. The van der Waals surface area contributed by atoms with Crippen molar-refractivity contribution in [3.63, 3.8) is 0 Å². The number of carbonyl (C=O) groups is 3. The fraction of sp³-hybridized carbons (Fsp3) is 0.684. The Morgan fingerprint density at radius 3 is 2.28 bits per heavy atom. The highest BCUT2D eigenvalue weighted by atomic mass is 127. The molecule has 162 valence electrons. The number of hydrogen-bond acceptors (Lipinski definition) is 7. The van der Waals surface area contributed by atoms with E-state index in [1.165, 1.54) is 4.68 Å². The predicted octanol–water partition coefficient (Wildman–Crippen LogP) is 3.14. The van der Waals surface area contributed by atoms with Gasteiger partial charge in [0.25, 0.3) is 0 Å². The van der Waals surface area contributed by atoms with Gasteiger partial charge in [-0.05, 0) is 76.0 Å². The van der Waals surface area contributed by atoms with Gasteiger partial charge >= 0.3 is 18.0 Å². The first-order chi connectivity index (χ1) is 13.6. The average Bonchev–Trinajstić information content (AvgIpc) is 3.37. The fourth-order valence-electron chi connectivity index (χ4n) is 2.81. The molecule has 0 aromatic carbocycles. The summed E-state index contributed by atoms with van der Waals surface area (Å²) in [6, 6.07) is -0.288. The third-order valence-corrected chi connectivity index (χ3v) is 4.88. The Labute approximate surface area is 184 Å². The van der Waals surface area contributed by atoms with E-state index in [0.29, 0.717) is 3.70 Å². The van der Waals surface area contributed by atoms with E-state index in [9.17, 15) is 14.4 Å². The lowest BCUT2D eigenvalue weighted by atomic mass is 10.1. The Kier molecular flexibility index (Phi) is 7.89. The molecule has 9 nitrogen and oxygen atoms in total. The second-order valence-electron chi connectivity index (χ2n) is 7.73. The lowest BCUT2D eigenvalue weighted by Crippen LogP contribution is -2.43. The van der Waals surface area contributed by atoms with Gasteiger partial charge in [-0.25, -0.2) is 14.4 Å². The standard InChI is InChI=1S/C19H28IN3O6/c1-6-27-16(24)13-14(17(25)28-7-2)23(22-15(13)20)10-12(11-8-9-11)21-18(26)29-19(3,4)5/h11-12H,6-10H2,1-5H3,(H,21,26). The van der Waals surface area contributed by atoms with Gasteiger partial charge in [0.2, 0.25) is 0 Å². The third kappa shape index (κ3) is 6.58. The summed E-state index contributed by atoms with van der Waals surface area (Å²) in [5.74, 6) is -1.03. The number of rotatable bonds is 8. The van der Waals surface area contributed by atoms with E-state index in [4.69, 9.17) is 14.2 Å². The van der Waals surface area contributed by atoms with Crippen molar-refractivity contribution in [2.75, 3.05) is 13.2 Å². The molecule has 1 amide bonds. The van der Waals surface area contributed by atoms with Crippen LogP contribution in [0.4, 0.5) is 4.79 Å². The number of halogens is 1. The molecule has 0 bridgehead atoms. The third-order valence-electron chi connectivity index (χ3n) is 4.12. The second-order valence-corrected chi connectivity index (χ2v) is 8.75. The van der Waals surface area contributed by atoms with E-state index in [1.54, 1.807) is 34.6 Å². The molecule has 0 aliphatic heterocycles. The average molecular weight is 521 g/mol. The summed E-state index contributed by atoms with van der Waals surface area (Å²) in [6.07, 6.45) is 1.39. The molecule has 29 heavy (non-hydrogen) atoms. The summed E-state index contributed by atoms with van der Waals surface area (Å²) in [5, 5.41) is 7.23. The zero-order valence-corrected chi connectivity index (χ0v) is 19.6. The second kappa shape index (κ2) is 9.77. The van der Waals surface area contributed by atoms with Gasteiger partial charge in [0.1, 0.15) is 14.9 Å². The Balaban J connectivity index is 2.31. The van der Waals surface area contributed by atoms with Crippen LogP contribution in [0.2, 0.25) is 0 Å². The largest absolute Gasteiger partial charge is 0.462 e. The van der Waals surface area contributed by atoms with Crippen LogP contribution in [-0.4, -0.2) is 52.7 Å². The molecule has 1 N–H and O–H groups in total. The minimum Gasteiger partial charge on any atom is -0.462 e. The number of aromatic nitrogens is 2. The summed E-state index contributed by atoms with van der Waals surface area (Å²) >= 11 is 1.89. The molecule has 1 fully saturated rings. The number of esters is 2. The molecule has 0 saturated heterocycles. The molecule has 0 spiro atoms. The van der Waals surface area contributed by atoms with Crippen molar-refractivity contribution >= 4 is 40.6 Å². The summed E-state index contributed by atoms with van der Waals surface area (Å²) in [4.78, 5) is 37.2. The zero-order chi connectivity index (χ0) is 21.8.